The van der Waals surface area contributed by atoms with E-state index in [0.29, 0.717) is 6.17 Å². The number of nitrogens with one attached hydrogen (secondary N) is 1. The van der Waals surface area contributed by atoms with Gasteiger partial charge in [0.2, 0.25) is 0 Å². The zero-order valence-corrected chi connectivity index (χ0v) is 7.54. The van der Waals surface area contributed by atoms with Gasteiger partial charge in [-0.1, -0.05) is 18.2 Å². The molecule has 2 nitrogen and oxygen atoms in total. The van der Waals surface area contributed by atoms with Gasteiger partial charge in [0.25, 0.3) is 0 Å². The SMILES string of the molecule is CN(C)C1Cc2ccccc2N1. The third kappa shape index (κ3) is 1.18. The van der Waals surface area contributed by atoms with Crippen LogP contribution in [0.4, 0.5) is 5.69 Å². The summed E-state index contributed by atoms with van der Waals surface area (Å²) in [7, 11) is 4.20. The van der Waals surface area contributed by atoms with Crippen molar-refractivity contribution >= 4 is 5.69 Å². The Morgan fingerprint density at radius 1 is 1.33 bits per heavy atom. The number of likely N-dealkylation sites (N-methyl/N-ethyl adjacent to an activating group) is 1. The largest absolute Gasteiger partial charge is 0.369 e. The van der Waals surface area contributed by atoms with Crippen molar-refractivity contribution in [3.63, 3.8) is 0 Å². The molecule has 0 aromatic heterocycles. The lowest BCUT2D eigenvalue weighted by molar-refractivity contribution is 0.330. The summed E-state index contributed by atoms with van der Waals surface area (Å²) >= 11 is 0. The van der Waals surface area contributed by atoms with Crippen molar-refractivity contribution in [2.45, 2.75) is 12.6 Å². The van der Waals surface area contributed by atoms with Crippen LogP contribution in [0.1, 0.15) is 5.56 Å². The summed E-state index contributed by atoms with van der Waals surface area (Å²) in [5, 5.41) is 3.46. The number of benzene rings is 1. The van der Waals surface area contributed by atoms with Crippen LogP contribution in [0.15, 0.2) is 24.3 Å². The summed E-state index contributed by atoms with van der Waals surface area (Å²) in [6, 6.07) is 8.49. The van der Waals surface area contributed by atoms with Crippen LogP contribution >= 0.6 is 0 Å². The van der Waals surface area contributed by atoms with Crippen LogP contribution in [-0.2, 0) is 6.42 Å². The first kappa shape index (κ1) is 7.62. The fourth-order valence-corrected chi connectivity index (χ4v) is 1.59. The molecule has 1 aromatic rings. The van der Waals surface area contributed by atoms with Crippen LogP contribution < -0.4 is 5.32 Å². The zero-order chi connectivity index (χ0) is 8.55. The second-order valence-corrected chi connectivity index (χ2v) is 3.49. The average Bonchev–Trinajstić information content (AvgIpc) is 2.46. The molecule has 0 aliphatic carbocycles. The molecule has 1 unspecified atom stereocenters. The summed E-state index contributed by atoms with van der Waals surface area (Å²) in [5.74, 6) is 0. The molecule has 0 saturated carbocycles. The Bertz CT molecular complexity index is 256. The summed E-state index contributed by atoms with van der Waals surface area (Å²) in [6.07, 6.45) is 1.59. The fourth-order valence-electron chi connectivity index (χ4n) is 1.59. The minimum atomic E-state index is 0.474. The highest BCUT2D eigenvalue weighted by molar-refractivity contribution is 5.56. The highest BCUT2D eigenvalue weighted by atomic mass is 15.2. The monoisotopic (exact) mass is 162 g/mol. The van der Waals surface area contributed by atoms with E-state index >= 15 is 0 Å². The van der Waals surface area contributed by atoms with Crippen LogP contribution in [0.3, 0.4) is 0 Å². The summed E-state index contributed by atoms with van der Waals surface area (Å²) in [6.45, 7) is 0. The number of fused-ring (bicyclic) bond motifs is 1. The third-order valence-electron chi connectivity index (χ3n) is 2.38. The lowest BCUT2D eigenvalue weighted by atomic mass is 10.1. The molecular formula is C10H14N2. The van der Waals surface area contributed by atoms with E-state index in [9.17, 15) is 0 Å². The molecule has 1 N–H and O–H groups in total. The lowest BCUT2D eigenvalue weighted by Crippen LogP contribution is -2.32. The molecule has 64 valence electrons. The van der Waals surface area contributed by atoms with Gasteiger partial charge in [-0.3, -0.25) is 4.90 Å². The molecule has 2 heteroatoms. The molecule has 1 heterocycles. The summed E-state index contributed by atoms with van der Waals surface area (Å²) in [5.41, 5.74) is 2.72. The molecular weight excluding hydrogens is 148 g/mol. The Hall–Kier alpha value is -1.02. The molecule has 0 saturated heterocycles. The normalized spacial score (nSPS) is 20.8. The number of hydrogen-bond donors (Lipinski definition) is 1. The Morgan fingerprint density at radius 2 is 2.08 bits per heavy atom. The third-order valence-corrected chi connectivity index (χ3v) is 2.38. The molecule has 2 rings (SSSR count). The van der Waals surface area contributed by atoms with Gasteiger partial charge in [0, 0.05) is 12.1 Å². The van der Waals surface area contributed by atoms with Gasteiger partial charge in [0.05, 0.1) is 6.17 Å². The molecule has 0 amide bonds. The predicted molar refractivity (Wildman–Crippen MR) is 51.2 cm³/mol. The van der Waals surface area contributed by atoms with E-state index in [1.54, 1.807) is 0 Å². The molecule has 0 spiro atoms. The first-order valence-electron chi connectivity index (χ1n) is 4.28. The highest BCUT2D eigenvalue weighted by Gasteiger charge is 2.20. The van der Waals surface area contributed by atoms with Gasteiger partial charge in [-0.2, -0.15) is 0 Å². The molecule has 1 aliphatic rings. The number of rotatable bonds is 1. The smallest absolute Gasteiger partial charge is 0.0830 e. The molecule has 1 aliphatic heterocycles. The van der Waals surface area contributed by atoms with Crippen molar-refractivity contribution in [3.05, 3.63) is 29.8 Å². The van der Waals surface area contributed by atoms with E-state index in [1.807, 2.05) is 0 Å². The van der Waals surface area contributed by atoms with Gasteiger partial charge < -0.3 is 5.32 Å². The molecule has 0 radical (unpaired) electrons. The molecule has 1 aromatic carbocycles. The Balaban J connectivity index is 2.22. The van der Waals surface area contributed by atoms with E-state index in [1.165, 1.54) is 11.3 Å². The van der Waals surface area contributed by atoms with Gasteiger partial charge >= 0.3 is 0 Å². The lowest BCUT2D eigenvalue weighted by Gasteiger charge is -2.19. The van der Waals surface area contributed by atoms with E-state index in [0.717, 1.165) is 6.42 Å². The minimum Gasteiger partial charge on any atom is -0.369 e. The highest BCUT2D eigenvalue weighted by Crippen LogP contribution is 2.25. The van der Waals surface area contributed by atoms with Crippen molar-refractivity contribution in [1.29, 1.82) is 0 Å². The first-order valence-corrected chi connectivity index (χ1v) is 4.28. The molecule has 12 heavy (non-hydrogen) atoms. The number of anilines is 1. The average molecular weight is 162 g/mol. The van der Waals surface area contributed by atoms with E-state index in [4.69, 9.17) is 0 Å². The Morgan fingerprint density at radius 3 is 2.75 bits per heavy atom. The molecule has 0 fully saturated rings. The van der Waals surface area contributed by atoms with Gasteiger partial charge in [-0.05, 0) is 25.7 Å². The van der Waals surface area contributed by atoms with Gasteiger partial charge in [0.15, 0.2) is 0 Å². The standard InChI is InChI=1S/C10H14N2/c1-12(2)10-7-8-5-3-4-6-9(8)11-10/h3-6,10-11H,7H2,1-2H3. The topological polar surface area (TPSA) is 15.3 Å². The van der Waals surface area contributed by atoms with Gasteiger partial charge in [-0.15, -0.1) is 0 Å². The Labute approximate surface area is 73.2 Å². The number of nitrogens with zero attached hydrogens (tertiary/aromatic N) is 1. The van der Waals surface area contributed by atoms with E-state index in [-0.39, 0.29) is 0 Å². The van der Waals surface area contributed by atoms with Crippen LogP contribution in [0.2, 0.25) is 0 Å². The van der Waals surface area contributed by atoms with E-state index < -0.39 is 0 Å². The van der Waals surface area contributed by atoms with Crippen molar-refractivity contribution in [2.24, 2.45) is 0 Å². The molecule has 0 bridgehead atoms. The van der Waals surface area contributed by atoms with Gasteiger partial charge in [0.1, 0.15) is 0 Å². The van der Waals surface area contributed by atoms with Crippen molar-refractivity contribution in [2.75, 3.05) is 19.4 Å². The fraction of sp³-hybridized carbons (Fsp3) is 0.400. The van der Waals surface area contributed by atoms with Crippen LogP contribution in [0.25, 0.3) is 0 Å². The molecule has 1 atom stereocenters. The summed E-state index contributed by atoms with van der Waals surface area (Å²) < 4.78 is 0. The number of hydrogen-bond acceptors (Lipinski definition) is 2. The minimum absolute atomic E-state index is 0.474. The Kier molecular flexibility index (Phi) is 1.77. The maximum atomic E-state index is 3.46. The van der Waals surface area contributed by atoms with Crippen LogP contribution in [0.5, 0.6) is 0 Å². The predicted octanol–water partition coefficient (Wildman–Crippen LogP) is 1.54. The summed E-state index contributed by atoms with van der Waals surface area (Å²) in [4.78, 5) is 2.21. The quantitative estimate of drug-likeness (QED) is 0.674. The maximum absolute atomic E-state index is 3.46. The number of para-hydroxylation sites is 1. The first-order chi connectivity index (χ1) is 5.77. The van der Waals surface area contributed by atoms with E-state index in [2.05, 4.69) is 48.6 Å². The van der Waals surface area contributed by atoms with Crippen LogP contribution in [0, 0.1) is 0 Å². The van der Waals surface area contributed by atoms with Crippen LogP contribution in [-0.4, -0.2) is 25.2 Å². The second kappa shape index (κ2) is 2.79. The van der Waals surface area contributed by atoms with Crippen molar-refractivity contribution < 1.29 is 0 Å². The maximum Gasteiger partial charge on any atom is 0.0830 e. The van der Waals surface area contributed by atoms with Crippen molar-refractivity contribution in [1.82, 2.24) is 4.90 Å². The zero-order valence-electron chi connectivity index (χ0n) is 7.54. The van der Waals surface area contributed by atoms with Crippen molar-refractivity contribution in [3.8, 4) is 0 Å². The second-order valence-electron chi connectivity index (χ2n) is 3.49. The van der Waals surface area contributed by atoms with Gasteiger partial charge in [-0.25, -0.2) is 0 Å².